The van der Waals surface area contributed by atoms with Gasteiger partial charge in [0, 0.05) is 7.05 Å². The smallest absolute Gasteiger partial charge is 0.344 e. The molecule has 1 aliphatic rings. The molecule has 1 amide bonds. The summed E-state index contributed by atoms with van der Waals surface area (Å²) >= 11 is 0. The summed E-state index contributed by atoms with van der Waals surface area (Å²) in [5, 5.41) is 13.3. The average molecular weight is 333 g/mol. The Labute approximate surface area is 141 Å². The fourth-order valence-corrected chi connectivity index (χ4v) is 3.19. The number of carbonyl (C=O) groups is 2. The third-order valence-corrected chi connectivity index (χ3v) is 4.73. The van der Waals surface area contributed by atoms with Crippen LogP contribution < -0.4 is 0 Å². The van der Waals surface area contributed by atoms with Crippen molar-refractivity contribution in [3.05, 3.63) is 17.0 Å². The number of ether oxygens (including phenoxy) is 1. The highest BCUT2D eigenvalue weighted by Crippen LogP contribution is 2.33. The molecule has 0 unspecified atom stereocenters. The van der Waals surface area contributed by atoms with Gasteiger partial charge in [0.15, 0.2) is 6.10 Å². The molecule has 0 saturated heterocycles. The SMILES string of the molecule is Cc1noc(C)c1C(=O)O[C@H](C)C(=O)N(C)C1(C#N)CCCCC1. The van der Waals surface area contributed by atoms with Gasteiger partial charge in [0.2, 0.25) is 0 Å². The molecule has 2 rings (SSSR count). The zero-order valence-corrected chi connectivity index (χ0v) is 14.6. The lowest BCUT2D eigenvalue weighted by Crippen LogP contribution is -2.53. The van der Waals surface area contributed by atoms with Crippen LogP contribution in [0.3, 0.4) is 0 Å². The third-order valence-electron chi connectivity index (χ3n) is 4.73. The van der Waals surface area contributed by atoms with Crippen LogP contribution in [0, 0.1) is 25.2 Å². The van der Waals surface area contributed by atoms with E-state index in [0.717, 1.165) is 19.3 Å². The largest absolute Gasteiger partial charge is 0.449 e. The zero-order valence-electron chi connectivity index (χ0n) is 14.6. The molecule has 0 bridgehead atoms. The van der Waals surface area contributed by atoms with Crippen molar-refractivity contribution in [2.75, 3.05) is 7.05 Å². The van der Waals surface area contributed by atoms with Crippen molar-refractivity contribution in [3.8, 4) is 6.07 Å². The minimum absolute atomic E-state index is 0.241. The Morgan fingerprint density at radius 1 is 1.33 bits per heavy atom. The van der Waals surface area contributed by atoms with Gasteiger partial charge >= 0.3 is 5.97 Å². The van der Waals surface area contributed by atoms with E-state index < -0.39 is 17.6 Å². The predicted octanol–water partition coefficient (Wildman–Crippen LogP) is 2.52. The van der Waals surface area contributed by atoms with Crippen molar-refractivity contribution in [1.82, 2.24) is 10.1 Å². The van der Waals surface area contributed by atoms with E-state index in [1.165, 1.54) is 11.8 Å². The first-order chi connectivity index (χ1) is 11.3. The van der Waals surface area contributed by atoms with Crippen LogP contribution >= 0.6 is 0 Å². The van der Waals surface area contributed by atoms with Crippen molar-refractivity contribution in [3.63, 3.8) is 0 Å². The Hall–Kier alpha value is -2.36. The van der Waals surface area contributed by atoms with Crippen LogP contribution in [-0.4, -0.2) is 40.6 Å². The fourth-order valence-electron chi connectivity index (χ4n) is 3.19. The Bertz CT molecular complexity index is 648. The highest BCUT2D eigenvalue weighted by Gasteiger charge is 2.41. The molecule has 7 nitrogen and oxygen atoms in total. The molecule has 0 aromatic carbocycles. The molecule has 0 aliphatic heterocycles. The number of nitrogens with zero attached hydrogens (tertiary/aromatic N) is 3. The number of hydrogen-bond acceptors (Lipinski definition) is 6. The van der Waals surface area contributed by atoms with Gasteiger partial charge in [0.1, 0.15) is 16.9 Å². The number of likely N-dealkylation sites (N-methyl/N-ethyl adjacent to an activating group) is 1. The van der Waals surface area contributed by atoms with Gasteiger partial charge in [-0.05, 0) is 33.6 Å². The monoisotopic (exact) mass is 333 g/mol. The lowest BCUT2D eigenvalue weighted by molar-refractivity contribution is -0.143. The summed E-state index contributed by atoms with van der Waals surface area (Å²) in [6, 6.07) is 2.29. The second-order valence-electron chi connectivity index (χ2n) is 6.35. The lowest BCUT2D eigenvalue weighted by atomic mass is 9.81. The van der Waals surface area contributed by atoms with E-state index >= 15 is 0 Å². The summed E-state index contributed by atoms with van der Waals surface area (Å²) in [4.78, 5) is 26.3. The number of rotatable bonds is 4. The molecule has 7 heteroatoms. The van der Waals surface area contributed by atoms with Crippen molar-refractivity contribution < 1.29 is 18.8 Å². The van der Waals surface area contributed by atoms with E-state index in [9.17, 15) is 14.9 Å². The predicted molar refractivity (Wildman–Crippen MR) is 85.1 cm³/mol. The van der Waals surface area contributed by atoms with E-state index in [-0.39, 0.29) is 11.5 Å². The average Bonchev–Trinajstić information content (AvgIpc) is 2.92. The van der Waals surface area contributed by atoms with Crippen molar-refractivity contribution in [2.24, 2.45) is 0 Å². The molecule has 0 N–H and O–H groups in total. The van der Waals surface area contributed by atoms with Gasteiger partial charge in [0.05, 0.1) is 11.8 Å². The number of amides is 1. The second-order valence-corrected chi connectivity index (χ2v) is 6.35. The van der Waals surface area contributed by atoms with Gasteiger partial charge in [-0.2, -0.15) is 5.26 Å². The maximum absolute atomic E-state index is 12.6. The molecule has 0 radical (unpaired) electrons. The maximum Gasteiger partial charge on any atom is 0.344 e. The van der Waals surface area contributed by atoms with Crippen LogP contribution in [0.25, 0.3) is 0 Å². The Morgan fingerprint density at radius 3 is 2.46 bits per heavy atom. The van der Waals surface area contributed by atoms with Gasteiger partial charge in [-0.3, -0.25) is 4.79 Å². The summed E-state index contributed by atoms with van der Waals surface area (Å²) in [5.74, 6) is -0.667. The zero-order chi connectivity index (χ0) is 17.9. The van der Waals surface area contributed by atoms with Crippen molar-refractivity contribution >= 4 is 11.9 Å². The fraction of sp³-hybridized carbons (Fsp3) is 0.647. The van der Waals surface area contributed by atoms with Gasteiger partial charge < -0.3 is 14.2 Å². The Morgan fingerprint density at radius 2 is 1.96 bits per heavy atom. The van der Waals surface area contributed by atoms with E-state index in [2.05, 4.69) is 11.2 Å². The summed E-state index contributed by atoms with van der Waals surface area (Å²) < 4.78 is 10.2. The van der Waals surface area contributed by atoms with E-state index in [0.29, 0.717) is 24.3 Å². The van der Waals surface area contributed by atoms with Gasteiger partial charge in [-0.25, -0.2) is 4.79 Å². The van der Waals surface area contributed by atoms with E-state index in [1.807, 2.05) is 0 Å². The Balaban J connectivity index is 2.09. The van der Waals surface area contributed by atoms with Crippen LogP contribution in [-0.2, 0) is 9.53 Å². The maximum atomic E-state index is 12.6. The molecule has 1 aromatic heterocycles. The van der Waals surface area contributed by atoms with Crippen LogP contribution in [0.4, 0.5) is 0 Å². The molecule has 1 saturated carbocycles. The minimum Gasteiger partial charge on any atom is -0.449 e. The molecular weight excluding hydrogens is 310 g/mol. The van der Waals surface area contributed by atoms with E-state index in [4.69, 9.17) is 9.26 Å². The normalized spacial score (nSPS) is 17.6. The minimum atomic E-state index is -0.983. The molecule has 130 valence electrons. The number of esters is 1. The van der Waals surface area contributed by atoms with Crippen LogP contribution in [0.2, 0.25) is 0 Å². The van der Waals surface area contributed by atoms with Crippen LogP contribution in [0.15, 0.2) is 4.52 Å². The van der Waals surface area contributed by atoms with E-state index in [1.54, 1.807) is 20.9 Å². The summed E-state index contributed by atoms with van der Waals surface area (Å²) in [6.07, 6.45) is 3.22. The highest BCUT2D eigenvalue weighted by atomic mass is 16.5. The molecule has 1 atom stereocenters. The van der Waals surface area contributed by atoms with Gasteiger partial charge in [-0.15, -0.1) is 0 Å². The number of aryl methyl sites for hydroxylation is 2. The summed E-state index contributed by atoms with van der Waals surface area (Å²) in [6.45, 7) is 4.77. The molecule has 1 fully saturated rings. The molecule has 0 spiro atoms. The number of carbonyl (C=O) groups excluding carboxylic acids is 2. The van der Waals surface area contributed by atoms with Gasteiger partial charge in [-0.1, -0.05) is 24.4 Å². The van der Waals surface area contributed by atoms with Crippen LogP contribution in [0.1, 0.15) is 60.8 Å². The van der Waals surface area contributed by atoms with Crippen molar-refractivity contribution in [2.45, 2.75) is 64.5 Å². The first kappa shape index (κ1) is 18.0. The number of aromatic nitrogens is 1. The number of nitriles is 1. The summed E-state index contributed by atoms with van der Waals surface area (Å²) in [5.41, 5.74) is -0.143. The van der Waals surface area contributed by atoms with Crippen LogP contribution in [0.5, 0.6) is 0 Å². The third kappa shape index (κ3) is 3.28. The second kappa shape index (κ2) is 7.04. The molecule has 1 heterocycles. The topological polar surface area (TPSA) is 96.4 Å². The standard InChI is InChI=1S/C17H23N3O4/c1-11-14(12(2)24-19-11)16(22)23-13(3)15(21)20(4)17(10-18)8-6-5-7-9-17/h13H,5-9H2,1-4H3/t13-/m1/s1. The first-order valence-corrected chi connectivity index (χ1v) is 8.15. The molecular formula is C17H23N3O4. The summed E-state index contributed by atoms with van der Waals surface area (Å²) in [7, 11) is 1.61. The lowest BCUT2D eigenvalue weighted by Gasteiger charge is -2.39. The first-order valence-electron chi connectivity index (χ1n) is 8.15. The van der Waals surface area contributed by atoms with Gasteiger partial charge in [0.25, 0.3) is 5.91 Å². The molecule has 1 aromatic rings. The quantitative estimate of drug-likeness (QED) is 0.786. The number of hydrogen-bond donors (Lipinski definition) is 0. The van der Waals surface area contributed by atoms with Crippen molar-refractivity contribution in [1.29, 1.82) is 5.26 Å². The molecule has 24 heavy (non-hydrogen) atoms. The highest BCUT2D eigenvalue weighted by molar-refractivity contribution is 5.94. The molecule has 1 aliphatic carbocycles. The Kier molecular flexibility index (Phi) is 5.27.